The zero-order valence-electron chi connectivity index (χ0n) is 13.5. The van der Waals surface area contributed by atoms with Crippen molar-refractivity contribution in [1.29, 1.82) is 0 Å². The highest BCUT2D eigenvalue weighted by atomic mass is 19.1. The second kappa shape index (κ2) is 5.14. The van der Waals surface area contributed by atoms with E-state index >= 15 is 0 Å². The summed E-state index contributed by atoms with van der Waals surface area (Å²) >= 11 is 0. The molecule has 0 spiro atoms. The van der Waals surface area contributed by atoms with Crippen LogP contribution in [0.4, 0.5) is 14.6 Å². The number of fused-ring (bicyclic) bond motifs is 2. The molecular formula is C19H14F2N4O. The molecule has 3 aromatic heterocycles. The van der Waals surface area contributed by atoms with Gasteiger partial charge in [0.25, 0.3) is 0 Å². The van der Waals surface area contributed by atoms with Gasteiger partial charge in [0.15, 0.2) is 23.1 Å². The van der Waals surface area contributed by atoms with Crippen LogP contribution in [0.2, 0.25) is 0 Å². The van der Waals surface area contributed by atoms with Gasteiger partial charge in [-0.3, -0.25) is 9.20 Å². The first-order chi connectivity index (χ1) is 12.5. The topological polar surface area (TPSA) is 76.2 Å². The third-order valence-corrected chi connectivity index (χ3v) is 4.87. The van der Waals surface area contributed by atoms with Gasteiger partial charge in [0, 0.05) is 23.5 Å². The highest BCUT2D eigenvalue weighted by Gasteiger charge is 2.45. The molecule has 1 aromatic carbocycles. The standard InChI is InChI=1S/C19H14F2N4O/c20-13-7-12(13)17(26)16-18(22)24-19-14(21)6-11(8-25(16)19)9-1-2-15-10(5-9)3-4-23-15/h1-6,8,12-13,23H,7,22H2/t12-,13+/m1/s1. The Kier molecular flexibility index (Phi) is 2.98. The number of carbonyl (C=O) groups excluding carboxylic acids is 1. The quantitative estimate of drug-likeness (QED) is 0.552. The van der Waals surface area contributed by atoms with Crippen molar-refractivity contribution in [3.8, 4) is 11.1 Å². The number of imidazole rings is 1. The summed E-state index contributed by atoms with van der Waals surface area (Å²) in [6.45, 7) is 0. The van der Waals surface area contributed by atoms with Gasteiger partial charge in [0.2, 0.25) is 0 Å². The van der Waals surface area contributed by atoms with Crippen molar-refractivity contribution < 1.29 is 13.6 Å². The van der Waals surface area contributed by atoms with Gasteiger partial charge in [-0.1, -0.05) is 6.07 Å². The molecule has 1 aliphatic carbocycles. The Bertz CT molecular complexity index is 1190. The van der Waals surface area contributed by atoms with Gasteiger partial charge in [0.05, 0.1) is 5.92 Å². The predicted molar refractivity (Wildman–Crippen MR) is 94.2 cm³/mol. The maximum atomic E-state index is 14.6. The highest BCUT2D eigenvalue weighted by molar-refractivity contribution is 6.03. The monoisotopic (exact) mass is 352 g/mol. The van der Waals surface area contributed by atoms with Gasteiger partial charge >= 0.3 is 0 Å². The lowest BCUT2D eigenvalue weighted by molar-refractivity contribution is 0.0952. The van der Waals surface area contributed by atoms with Gasteiger partial charge in [-0.25, -0.2) is 13.8 Å². The average molecular weight is 352 g/mol. The van der Waals surface area contributed by atoms with E-state index in [-0.39, 0.29) is 23.6 Å². The first kappa shape index (κ1) is 15.1. The van der Waals surface area contributed by atoms with E-state index in [1.165, 1.54) is 10.5 Å². The number of alkyl halides is 1. The Morgan fingerprint density at radius 1 is 1.27 bits per heavy atom. The molecule has 4 aromatic rings. The number of H-pyrrole nitrogens is 1. The number of nitrogens with zero attached hydrogens (tertiary/aromatic N) is 2. The predicted octanol–water partition coefficient (Wildman–Crippen LogP) is 3.74. The minimum atomic E-state index is -1.16. The molecule has 1 fully saturated rings. The number of rotatable bonds is 3. The number of aromatic nitrogens is 3. The molecule has 3 heterocycles. The lowest BCUT2D eigenvalue weighted by Gasteiger charge is -2.07. The lowest BCUT2D eigenvalue weighted by Crippen LogP contribution is -2.10. The van der Waals surface area contributed by atoms with Gasteiger partial charge in [-0.15, -0.1) is 0 Å². The number of nitrogens with two attached hydrogens (primary N) is 1. The first-order valence-corrected chi connectivity index (χ1v) is 8.26. The lowest BCUT2D eigenvalue weighted by atomic mass is 10.1. The number of nitrogen functional groups attached to an aromatic ring is 1. The van der Waals surface area contributed by atoms with Gasteiger partial charge < -0.3 is 10.7 Å². The van der Waals surface area contributed by atoms with Crippen molar-refractivity contribution in [3.63, 3.8) is 0 Å². The second-order valence-electron chi connectivity index (χ2n) is 6.62. The molecule has 1 aliphatic rings. The normalized spacial score (nSPS) is 19.3. The zero-order chi connectivity index (χ0) is 18.0. The molecule has 2 atom stereocenters. The molecule has 130 valence electrons. The van der Waals surface area contributed by atoms with Crippen molar-refractivity contribution in [2.75, 3.05) is 5.73 Å². The van der Waals surface area contributed by atoms with Crippen LogP contribution in [-0.2, 0) is 0 Å². The minimum absolute atomic E-state index is 0.0339. The number of halogens is 2. The summed E-state index contributed by atoms with van der Waals surface area (Å²) < 4.78 is 29.3. The minimum Gasteiger partial charge on any atom is -0.382 e. The van der Waals surface area contributed by atoms with Crippen LogP contribution in [0, 0.1) is 11.7 Å². The molecule has 5 nitrogen and oxygen atoms in total. The van der Waals surface area contributed by atoms with E-state index in [2.05, 4.69) is 9.97 Å². The number of anilines is 1. The Morgan fingerprint density at radius 2 is 2.08 bits per heavy atom. The number of aromatic amines is 1. The molecule has 0 amide bonds. The smallest absolute Gasteiger partial charge is 0.189 e. The van der Waals surface area contributed by atoms with Gasteiger partial charge in [-0.2, -0.15) is 0 Å². The number of ketones is 1. The third kappa shape index (κ3) is 2.13. The van der Waals surface area contributed by atoms with Crippen molar-refractivity contribution >= 4 is 28.2 Å². The number of hydrogen-bond acceptors (Lipinski definition) is 3. The van der Waals surface area contributed by atoms with E-state index in [1.54, 1.807) is 6.20 Å². The van der Waals surface area contributed by atoms with Crippen LogP contribution in [0.3, 0.4) is 0 Å². The summed E-state index contributed by atoms with van der Waals surface area (Å²) in [5.74, 6) is -1.80. The van der Waals surface area contributed by atoms with Gasteiger partial charge in [-0.05, 0) is 41.6 Å². The molecule has 26 heavy (non-hydrogen) atoms. The van der Waals surface area contributed by atoms with Crippen LogP contribution in [0.15, 0.2) is 42.7 Å². The number of Topliss-reactive ketones (excluding diaryl/α,β-unsaturated/α-hetero) is 1. The maximum absolute atomic E-state index is 14.6. The van der Waals surface area contributed by atoms with E-state index < -0.39 is 23.7 Å². The molecule has 3 N–H and O–H groups in total. The number of nitrogens with one attached hydrogen (secondary N) is 1. The van der Waals surface area contributed by atoms with Crippen molar-refractivity contribution in [3.05, 3.63) is 54.2 Å². The SMILES string of the molecule is Nc1nc2c(F)cc(-c3ccc4[nH]ccc4c3)cn2c1C(=O)[C@@H]1C[C@@H]1F. The highest BCUT2D eigenvalue weighted by Crippen LogP contribution is 2.38. The largest absolute Gasteiger partial charge is 0.382 e. The number of hydrogen-bond donors (Lipinski definition) is 2. The van der Waals surface area contributed by atoms with E-state index in [1.807, 2.05) is 30.5 Å². The van der Waals surface area contributed by atoms with Crippen LogP contribution in [0.1, 0.15) is 16.9 Å². The summed E-state index contributed by atoms with van der Waals surface area (Å²) in [7, 11) is 0. The number of carbonyl (C=O) groups is 1. The Balaban J connectivity index is 1.70. The summed E-state index contributed by atoms with van der Waals surface area (Å²) in [5.41, 5.74) is 8.20. The summed E-state index contributed by atoms with van der Waals surface area (Å²) in [6, 6.07) is 8.97. The molecule has 0 radical (unpaired) electrons. The molecule has 7 heteroatoms. The van der Waals surface area contributed by atoms with Crippen LogP contribution in [0.5, 0.6) is 0 Å². The van der Waals surface area contributed by atoms with Crippen molar-refractivity contribution in [2.45, 2.75) is 12.6 Å². The molecular weight excluding hydrogens is 338 g/mol. The first-order valence-electron chi connectivity index (χ1n) is 8.26. The van der Waals surface area contributed by atoms with Gasteiger partial charge in [0.1, 0.15) is 11.9 Å². The molecule has 5 rings (SSSR count). The zero-order valence-corrected chi connectivity index (χ0v) is 13.5. The number of pyridine rings is 1. The second-order valence-corrected chi connectivity index (χ2v) is 6.62. The summed E-state index contributed by atoms with van der Waals surface area (Å²) in [4.78, 5) is 19.6. The summed E-state index contributed by atoms with van der Waals surface area (Å²) in [5, 5.41) is 0.989. The molecule has 0 unspecified atom stereocenters. The summed E-state index contributed by atoms with van der Waals surface area (Å²) in [6.07, 6.45) is 2.47. The molecule has 0 saturated heterocycles. The molecule has 1 saturated carbocycles. The fraction of sp³-hybridized carbons (Fsp3) is 0.158. The van der Waals surface area contributed by atoms with Crippen LogP contribution in [-0.4, -0.2) is 26.3 Å². The Morgan fingerprint density at radius 3 is 2.85 bits per heavy atom. The van der Waals surface area contributed by atoms with Crippen molar-refractivity contribution in [1.82, 2.24) is 14.4 Å². The van der Waals surface area contributed by atoms with Crippen LogP contribution < -0.4 is 5.73 Å². The average Bonchev–Trinajstić information content (AvgIpc) is 3.04. The maximum Gasteiger partial charge on any atom is 0.189 e. The van der Waals surface area contributed by atoms with Crippen LogP contribution in [0.25, 0.3) is 27.7 Å². The number of benzene rings is 1. The van der Waals surface area contributed by atoms with E-state index in [4.69, 9.17) is 5.73 Å². The molecule has 0 bridgehead atoms. The fourth-order valence-electron chi connectivity index (χ4n) is 3.37. The Hall–Kier alpha value is -3.22. The third-order valence-electron chi connectivity index (χ3n) is 4.87. The van der Waals surface area contributed by atoms with Crippen LogP contribution >= 0.6 is 0 Å². The Labute approximate surface area is 146 Å². The van der Waals surface area contributed by atoms with Crippen molar-refractivity contribution in [2.24, 2.45) is 5.92 Å². The fourth-order valence-corrected chi connectivity index (χ4v) is 3.37. The molecule has 0 aliphatic heterocycles. The van der Waals surface area contributed by atoms with E-state index in [9.17, 15) is 13.6 Å². The van der Waals surface area contributed by atoms with E-state index in [0.29, 0.717) is 5.56 Å². The van der Waals surface area contributed by atoms with E-state index in [0.717, 1.165) is 16.5 Å².